The first kappa shape index (κ1) is 23.4. The molecule has 3 aromatic rings. The minimum atomic E-state index is -0.369. The van der Waals surface area contributed by atoms with Crippen LogP contribution in [0.3, 0.4) is 0 Å². The Bertz CT molecular complexity index is 1140. The third-order valence-electron chi connectivity index (χ3n) is 6.06. The standard InChI is InChI=1S/C26H27FN4O3/c1-30(24(32)18-19-7-2-3-11-23(19)27)21-9-5-15-31(16-12-21)25(33)20-8-4-10-22(17-20)34-26-28-13-6-14-29-26/h2-4,6-8,10-11,13-14,17,21H,5,9,12,15-16,18H2,1H3. The topological polar surface area (TPSA) is 75.6 Å². The van der Waals surface area contributed by atoms with Crippen molar-refractivity contribution in [3.05, 3.63) is 83.9 Å². The summed E-state index contributed by atoms with van der Waals surface area (Å²) in [6.07, 6.45) is 5.44. The van der Waals surface area contributed by atoms with E-state index in [-0.39, 0.29) is 36.1 Å². The van der Waals surface area contributed by atoms with Crippen LogP contribution in [-0.4, -0.2) is 57.8 Å². The number of benzene rings is 2. The van der Waals surface area contributed by atoms with Crippen molar-refractivity contribution in [1.82, 2.24) is 19.8 Å². The number of nitrogens with zero attached hydrogens (tertiary/aromatic N) is 4. The molecule has 0 N–H and O–H groups in total. The number of likely N-dealkylation sites (tertiary alicyclic amines) is 1. The Morgan fingerprint density at radius 2 is 1.85 bits per heavy atom. The first-order valence-corrected chi connectivity index (χ1v) is 11.3. The van der Waals surface area contributed by atoms with Gasteiger partial charge in [-0.25, -0.2) is 14.4 Å². The van der Waals surface area contributed by atoms with Crippen LogP contribution in [-0.2, 0) is 11.2 Å². The van der Waals surface area contributed by atoms with E-state index in [0.29, 0.717) is 36.4 Å². The Kier molecular flexibility index (Phi) is 7.47. The Labute approximate surface area is 198 Å². The van der Waals surface area contributed by atoms with E-state index >= 15 is 0 Å². The Hall–Kier alpha value is -3.81. The van der Waals surface area contributed by atoms with Crippen molar-refractivity contribution in [3.63, 3.8) is 0 Å². The van der Waals surface area contributed by atoms with Gasteiger partial charge >= 0.3 is 6.01 Å². The molecule has 1 aromatic heterocycles. The molecule has 0 aliphatic carbocycles. The van der Waals surface area contributed by atoms with E-state index in [9.17, 15) is 14.0 Å². The summed E-state index contributed by atoms with van der Waals surface area (Å²) in [7, 11) is 1.76. The number of aromatic nitrogens is 2. The van der Waals surface area contributed by atoms with E-state index in [0.717, 1.165) is 12.8 Å². The molecule has 1 unspecified atom stereocenters. The lowest BCUT2D eigenvalue weighted by Gasteiger charge is -2.27. The minimum Gasteiger partial charge on any atom is -0.424 e. The first-order valence-electron chi connectivity index (χ1n) is 11.3. The number of carbonyl (C=O) groups is 2. The normalized spacial score (nSPS) is 15.9. The largest absolute Gasteiger partial charge is 0.424 e. The molecular weight excluding hydrogens is 435 g/mol. The molecule has 176 valence electrons. The molecule has 2 amide bonds. The summed E-state index contributed by atoms with van der Waals surface area (Å²) in [6.45, 7) is 1.14. The summed E-state index contributed by atoms with van der Waals surface area (Å²) in [4.78, 5) is 37.5. The molecule has 2 aromatic carbocycles. The van der Waals surface area contributed by atoms with Crippen molar-refractivity contribution in [1.29, 1.82) is 0 Å². The summed E-state index contributed by atoms with van der Waals surface area (Å²) >= 11 is 0. The molecule has 1 aliphatic heterocycles. The monoisotopic (exact) mass is 462 g/mol. The van der Waals surface area contributed by atoms with Crippen LogP contribution in [0.5, 0.6) is 11.8 Å². The molecule has 1 atom stereocenters. The molecule has 4 rings (SSSR count). The molecule has 1 fully saturated rings. The van der Waals surface area contributed by atoms with E-state index < -0.39 is 0 Å². The second kappa shape index (κ2) is 10.9. The lowest BCUT2D eigenvalue weighted by molar-refractivity contribution is -0.131. The molecule has 2 heterocycles. The Morgan fingerprint density at radius 3 is 2.65 bits per heavy atom. The van der Waals surface area contributed by atoms with Crippen molar-refractivity contribution in [2.45, 2.75) is 31.7 Å². The number of ether oxygens (including phenoxy) is 1. The van der Waals surface area contributed by atoms with Crippen LogP contribution in [0, 0.1) is 5.82 Å². The SMILES string of the molecule is CN(C(=O)Cc1ccccc1F)C1CCCN(C(=O)c2cccc(Oc3ncccn3)c2)CC1. The van der Waals surface area contributed by atoms with Crippen molar-refractivity contribution < 1.29 is 18.7 Å². The summed E-state index contributed by atoms with van der Waals surface area (Å²) < 4.78 is 19.6. The molecule has 1 saturated heterocycles. The van der Waals surface area contributed by atoms with Gasteiger partial charge in [0.2, 0.25) is 5.91 Å². The average Bonchev–Trinajstić information content (AvgIpc) is 3.12. The van der Waals surface area contributed by atoms with Gasteiger partial charge in [-0.3, -0.25) is 9.59 Å². The number of rotatable bonds is 6. The first-order chi connectivity index (χ1) is 16.5. The maximum atomic E-state index is 13.9. The summed E-state index contributed by atoms with van der Waals surface area (Å²) in [6, 6.07) is 15.2. The van der Waals surface area contributed by atoms with Crippen molar-refractivity contribution in [2.75, 3.05) is 20.1 Å². The highest BCUT2D eigenvalue weighted by Crippen LogP contribution is 2.22. The molecule has 8 heteroatoms. The maximum absolute atomic E-state index is 13.9. The number of carbonyl (C=O) groups excluding carboxylic acids is 2. The van der Waals surface area contributed by atoms with Gasteiger partial charge in [0, 0.05) is 44.1 Å². The molecule has 0 spiro atoms. The van der Waals surface area contributed by atoms with E-state index in [1.807, 2.05) is 4.90 Å². The quantitative estimate of drug-likeness (QED) is 0.551. The number of halogens is 1. The summed E-state index contributed by atoms with van der Waals surface area (Å²) in [5.74, 6) is -0.0848. The van der Waals surface area contributed by atoms with Crippen molar-refractivity contribution in [2.24, 2.45) is 0 Å². The summed E-state index contributed by atoms with van der Waals surface area (Å²) in [5, 5.41) is 0. The third-order valence-corrected chi connectivity index (χ3v) is 6.06. The van der Waals surface area contributed by atoms with Gasteiger partial charge in [0.1, 0.15) is 11.6 Å². The highest BCUT2D eigenvalue weighted by atomic mass is 19.1. The smallest absolute Gasteiger partial charge is 0.321 e. The van der Waals surface area contributed by atoms with Crippen LogP contribution in [0.2, 0.25) is 0 Å². The minimum absolute atomic E-state index is 0.00182. The average molecular weight is 463 g/mol. The van der Waals surface area contributed by atoms with Gasteiger partial charge < -0.3 is 14.5 Å². The second-order valence-electron chi connectivity index (χ2n) is 8.31. The summed E-state index contributed by atoms with van der Waals surface area (Å²) in [5.41, 5.74) is 0.920. The van der Waals surface area contributed by atoms with Crippen LogP contribution >= 0.6 is 0 Å². The molecular formula is C26H27FN4O3. The number of hydrogen-bond donors (Lipinski definition) is 0. The fourth-order valence-corrected chi connectivity index (χ4v) is 4.12. The van der Waals surface area contributed by atoms with Crippen molar-refractivity contribution in [3.8, 4) is 11.8 Å². The number of likely N-dealkylation sites (N-methyl/N-ethyl adjacent to an activating group) is 1. The molecule has 0 radical (unpaired) electrons. The fourth-order valence-electron chi connectivity index (χ4n) is 4.12. The third kappa shape index (κ3) is 5.75. The lowest BCUT2D eigenvalue weighted by atomic mass is 10.1. The van der Waals surface area contributed by atoms with Crippen LogP contribution in [0.25, 0.3) is 0 Å². The predicted molar refractivity (Wildman–Crippen MR) is 125 cm³/mol. The zero-order valence-corrected chi connectivity index (χ0v) is 19.1. The van der Waals surface area contributed by atoms with Gasteiger partial charge in [-0.15, -0.1) is 0 Å². The molecule has 0 bridgehead atoms. The van der Waals surface area contributed by atoms with Crippen LogP contribution in [0.4, 0.5) is 4.39 Å². The highest BCUT2D eigenvalue weighted by Gasteiger charge is 2.26. The van der Waals surface area contributed by atoms with Gasteiger partial charge in [0.05, 0.1) is 6.42 Å². The van der Waals surface area contributed by atoms with Crippen LogP contribution < -0.4 is 4.74 Å². The Balaban J connectivity index is 1.36. The highest BCUT2D eigenvalue weighted by molar-refractivity contribution is 5.94. The van der Waals surface area contributed by atoms with Gasteiger partial charge in [-0.1, -0.05) is 24.3 Å². The van der Waals surface area contributed by atoms with Crippen molar-refractivity contribution >= 4 is 11.8 Å². The maximum Gasteiger partial charge on any atom is 0.321 e. The molecule has 7 nitrogen and oxygen atoms in total. The van der Waals surface area contributed by atoms with E-state index in [2.05, 4.69) is 9.97 Å². The van der Waals surface area contributed by atoms with Crippen LogP contribution in [0.1, 0.15) is 35.2 Å². The lowest BCUT2D eigenvalue weighted by Crippen LogP contribution is -2.39. The molecule has 0 saturated carbocycles. The zero-order valence-electron chi connectivity index (χ0n) is 19.1. The molecule has 1 aliphatic rings. The van der Waals surface area contributed by atoms with Gasteiger partial charge in [-0.05, 0) is 55.2 Å². The van der Waals surface area contributed by atoms with E-state index in [4.69, 9.17) is 4.74 Å². The van der Waals surface area contributed by atoms with Gasteiger partial charge in [0.15, 0.2) is 0 Å². The van der Waals surface area contributed by atoms with Gasteiger partial charge in [-0.2, -0.15) is 0 Å². The number of amides is 2. The fraction of sp³-hybridized carbons (Fsp3) is 0.308. The number of hydrogen-bond acceptors (Lipinski definition) is 5. The van der Waals surface area contributed by atoms with Crippen LogP contribution in [0.15, 0.2) is 67.0 Å². The van der Waals surface area contributed by atoms with Gasteiger partial charge in [0.25, 0.3) is 5.91 Å². The molecule has 34 heavy (non-hydrogen) atoms. The predicted octanol–water partition coefficient (Wildman–Crippen LogP) is 4.10. The van der Waals surface area contributed by atoms with E-state index in [1.54, 1.807) is 72.9 Å². The van der Waals surface area contributed by atoms with E-state index in [1.165, 1.54) is 6.07 Å². The zero-order chi connectivity index (χ0) is 23.9. The Morgan fingerprint density at radius 1 is 1.06 bits per heavy atom. The second-order valence-corrected chi connectivity index (χ2v) is 8.31.